The van der Waals surface area contributed by atoms with Gasteiger partial charge in [-0.1, -0.05) is 0 Å². The topological polar surface area (TPSA) is 70.7 Å². The maximum absolute atomic E-state index is 11.2. The lowest BCUT2D eigenvalue weighted by atomic mass is 9.84. The summed E-state index contributed by atoms with van der Waals surface area (Å²) in [5, 5.41) is 19.0. The number of aliphatic hydroxyl groups excluding tert-OH is 1. The summed E-state index contributed by atoms with van der Waals surface area (Å²) in [6.07, 6.45) is 2.82. The Hall–Kier alpha value is -1.29. The zero-order valence-electron chi connectivity index (χ0n) is 9.27. The van der Waals surface area contributed by atoms with Crippen LogP contribution in [0.15, 0.2) is 15.3 Å². The first-order chi connectivity index (χ1) is 7.58. The van der Waals surface area contributed by atoms with E-state index in [0.29, 0.717) is 11.3 Å². The first kappa shape index (κ1) is 11.2. The number of rotatable bonds is 1. The average molecular weight is 224 g/mol. The minimum absolute atomic E-state index is 0.00243. The normalized spacial score (nSPS) is 25.6. The Kier molecular flexibility index (Phi) is 3.01. The van der Waals surface area contributed by atoms with E-state index in [4.69, 9.17) is 4.42 Å². The predicted molar refractivity (Wildman–Crippen MR) is 58.6 cm³/mol. The summed E-state index contributed by atoms with van der Waals surface area (Å²) in [5.41, 5.74) is 0.130. The molecule has 0 saturated heterocycles. The van der Waals surface area contributed by atoms with Gasteiger partial charge in [-0.25, -0.2) is 4.79 Å². The third-order valence-electron chi connectivity index (χ3n) is 3.29. The van der Waals surface area contributed by atoms with Crippen LogP contribution in [0.2, 0.25) is 0 Å². The van der Waals surface area contributed by atoms with Crippen molar-refractivity contribution in [1.82, 2.24) is 0 Å². The molecule has 0 atom stereocenters. The highest BCUT2D eigenvalue weighted by Gasteiger charge is 2.25. The zero-order valence-corrected chi connectivity index (χ0v) is 9.27. The van der Waals surface area contributed by atoms with Gasteiger partial charge in [0.05, 0.1) is 12.2 Å². The fraction of sp³-hybridized carbons (Fsp3) is 0.583. The summed E-state index contributed by atoms with van der Waals surface area (Å²) in [4.78, 5) is 11.2. The molecule has 4 nitrogen and oxygen atoms in total. The SMILES string of the molecule is Cc1c(O)cc(=O)oc1C1CCC(O)CC1. The van der Waals surface area contributed by atoms with Crippen molar-refractivity contribution in [3.8, 4) is 5.75 Å². The van der Waals surface area contributed by atoms with E-state index in [1.807, 2.05) is 0 Å². The van der Waals surface area contributed by atoms with Crippen LogP contribution in [-0.2, 0) is 0 Å². The first-order valence-corrected chi connectivity index (χ1v) is 5.59. The van der Waals surface area contributed by atoms with Crippen molar-refractivity contribution in [2.24, 2.45) is 0 Å². The molecule has 0 radical (unpaired) electrons. The van der Waals surface area contributed by atoms with Gasteiger partial charge in [-0.2, -0.15) is 0 Å². The molecule has 2 N–H and O–H groups in total. The van der Waals surface area contributed by atoms with Gasteiger partial charge in [0.1, 0.15) is 11.5 Å². The Morgan fingerprint density at radius 2 is 1.94 bits per heavy atom. The van der Waals surface area contributed by atoms with Crippen molar-refractivity contribution < 1.29 is 14.6 Å². The van der Waals surface area contributed by atoms with Gasteiger partial charge in [0, 0.05) is 11.5 Å². The number of aliphatic hydroxyl groups is 1. The molecule has 0 bridgehead atoms. The molecule has 0 spiro atoms. The first-order valence-electron chi connectivity index (χ1n) is 5.59. The van der Waals surface area contributed by atoms with E-state index in [2.05, 4.69) is 0 Å². The fourth-order valence-corrected chi connectivity index (χ4v) is 2.29. The molecule has 4 heteroatoms. The van der Waals surface area contributed by atoms with Crippen LogP contribution in [0, 0.1) is 6.92 Å². The van der Waals surface area contributed by atoms with Crippen LogP contribution in [0.3, 0.4) is 0 Å². The van der Waals surface area contributed by atoms with E-state index < -0.39 is 5.63 Å². The van der Waals surface area contributed by atoms with Crippen molar-refractivity contribution in [2.75, 3.05) is 0 Å². The van der Waals surface area contributed by atoms with Gasteiger partial charge in [-0.15, -0.1) is 0 Å². The molecular formula is C12H16O4. The predicted octanol–water partition coefficient (Wildman–Crippen LogP) is 1.67. The maximum Gasteiger partial charge on any atom is 0.339 e. The molecule has 1 aliphatic carbocycles. The van der Waals surface area contributed by atoms with Gasteiger partial charge in [-0.05, 0) is 32.6 Å². The van der Waals surface area contributed by atoms with Crippen molar-refractivity contribution in [3.05, 3.63) is 27.8 Å². The van der Waals surface area contributed by atoms with Crippen LogP contribution < -0.4 is 5.63 Å². The molecule has 0 aromatic carbocycles. The molecule has 1 aromatic rings. The number of hydrogen-bond acceptors (Lipinski definition) is 4. The lowest BCUT2D eigenvalue weighted by Crippen LogP contribution is -2.18. The van der Waals surface area contributed by atoms with Crippen LogP contribution in [0.1, 0.15) is 42.9 Å². The van der Waals surface area contributed by atoms with E-state index in [-0.39, 0.29) is 17.8 Å². The molecule has 1 aromatic heterocycles. The van der Waals surface area contributed by atoms with Gasteiger partial charge < -0.3 is 14.6 Å². The van der Waals surface area contributed by atoms with Gasteiger partial charge in [0.15, 0.2) is 0 Å². The maximum atomic E-state index is 11.2. The minimum Gasteiger partial charge on any atom is -0.507 e. The molecule has 1 fully saturated rings. The van der Waals surface area contributed by atoms with E-state index >= 15 is 0 Å². The van der Waals surface area contributed by atoms with Gasteiger partial charge in [0.25, 0.3) is 0 Å². The minimum atomic E-state index is -0.510. The zero-order chi connectivity index (χ0) is 11.7. The van der Waals surface area contributed by atoms with Crippen LogP contribution >= 0.6 is 0 Å². The summed E-state index contributed by atoms with van der Waals surface area (Å²) >= 11 is 0. The molecule has 16 heavy (non-hydrogen) atoms. The molecule has 1 saturated carbocycles. The summed E-state index contributed by atoms with van der Waals surface area (Å²) < 4.78 is 5.17. The van der Waals surface area contributed by atoms with E-state index in [1.54, 1.807) is 6.92 Å². The smallest absolute Gasteiger partial charge is 0.339 e. The van der Waals surface area contributed by atoms with Crippen molar-refractivity contribution in [1.29, 1.82) is 0 Å². The van der Waals surface area contributed by atoms with E-state index in [1.165, 1.54) is 0 Å². The summed E-state index contributed by atoms with van der Waals surface area (Å²) in [6.45, 7) is 1.75. The highest BCUT2D eigenvalue weighted by Crippen LogP contribution is 2.35. The monoisotopic (exact) mass is 224 g/mol. The largest absolute Gasteiger partial charge is 0.507 e. The molecule has 1 aliphatic rings. The molecule has 0 aliphatic heterocycles. The van der Waals surface area contributed by atoms with Gasteiger partial charge >= 0.3 is 5.63 Å². The lowest BCUT2D eigenvalue weighted by Gasteiger charge is -2.25. The molecular weight excluding hydrogens is 208 g/mol. The lowest BCUT2D eigenvalue weighted by molar-refractivity contribution is 0.118. The highest BCUT2D eigenvalue weighted by atomic mass is 16.4. The Morgan fingerprint density at radius 1 is 1.31 bits per heavy atom. The van der Waals surface area contributed by atoms with Crippen molar-refractivity contribution >= 4 is 0 Å². The second kappa shape index (κ2) is 4.29. The summed E-state index contributed by atoms with van der Waals surface area (Å²) in [7, 11) is 0. The summed E-state index contributed by atoms with van der Waals surface area (Å²) in [5.74, 6) is 0.720. The third kappa shape index (κ3) is 2.11. The quantitative estimate of drug-likeness (QED) is 0.761. The van der Waals surface area contributed by atoms with E-state index in [0.717, 1.165) is 31.7 Å². The molecule has 0 unspecified atom stereocenters. The highest BCUT2D eigenvalue weighted by molar-refractivity contribution is 5.33. The Bertz CT molecular complexity index is 427. The summed E-state index contributed by atoms with van der Waals surface area (Å²) in [6, 6.07) is 1.09. The van der Waals surface area contributed by atoms with Crippen LogP contribution in [0.5, 0.6) is 5.75 Å². The third-order valence-corrected chi connectivity index (χ3v) is 3.29. The van der Waals surface area contributed by atoms with Crippen LogP contribution in [0.25, 0.3) is 0 Å². The average Bonchev–Trinajstić information content (AvgIpc) is 2.25. The van der Waals surface area contributed by atoms with Crippen LogP contribution in [-0.4, -0.2) is 16.3 Å². The Morgan fingerprint density at radius 3 is 2.56 bits per heavy atom. The molecule has 2 rings (SSSR count). The molecule has 88 valence electrons. The standard InChI is InChI=1S/C12H16O4/c1-7-10(14)6-11(15)16-12(7)8-2-4-9(13)5-3-8/h6,8-9,13-14H,2-5H2,1H3. The van der Waals surface area contributed by atoms with Crippen LogP contribution in [0.4, 0.5) is 0 Å². The second-order valence-electron chi connectivity index (χ2n) is 4.45. The van der Waals surface area contributed by atoms with E-state index in [9.17, 15) is 15.0 Å². The molecule has 1 heterocycles. The van der Waals surface area contributed by atoms with Crippen molar-refractivity contribution in [3.63, 3.8) is 0 Å². The fourth-order valence-electron chi connectivity index (χ4n) is 2.29. The number of aromatic hydroxyl groups is 1. The second-order valence-corrected chi connectivity index (χ2v) is 4.45. The van der Waals surface area contributed by atoms with Gasteiger partial charge in [0.2, 0.25) is 0 Å². The Labute approximate surface area is 93.5 Å². The van der Waals surface area contributed by atoms with Crippen molar-refractivity contribution in [2.45, 2.75) is 44.6 Å². The number of hydrogen-bond donors (Lipinski definition) is 2. The van der Waals surface area contributed by atoms with Gasteiger partial charge in [-0.3, -0.25) is 0 Å². The Balaban J connectivity index is 2.30. The molecule has 0 amide bonds.